The maximum absolute atomic E-state index is 12.0. The van der Waals surface area contributed by atoms with E-state index in [4.69, 9.17) is 4.74 Å². The number of allylic oxidation sites excluding steroid dienone is 1. The van der Waals surface area contributed by atoms with Crippen molar-refractivity contribution < 1.29 is 14.3 Å². The van der Waals surface area contributed by atoms with E-state index in [1.807, 2.05) is 6.08 Å². The first kappa shape index (κ1) is 20.2. The number of methoxy groups -OCH3 is 1. The molecule has 3 nitrogen and oxygen atoms in total. The summed E-state index contributed by atoms with van der Waals surface area (Å²) in [6, 6.07) is 0. The molecular formula is C25H38O3. The molecule has 0 aromatic heterocycles. The Morgan fingerprint density at radius 3 is 2.68 bits per heavy atom. The molecule has 4 aliphatic carbocycles. The van der Waals surface area contributed by atoms with Gasteiger partial charge in [0.05, 0.1) is 7.11 Å². The summed E-state index contributed by atoms with van der Waals surface area (Å²) in [5, 5.41) is 0. The summed E-state index contributed by atoms with van der Waals surface area (Å²) in [7, 11) is 1.49. The number of esters is 1. The highest BCUT2D eigenvalue weighted by atomic mass is 16.5. The molecule has 28 heavy (non-hydrogen) atoms. The first-order chi connectivity index (χ1) is 13.3. The van der Waals surface area contributed by atoms with Gasteiger partial charge in [0.15, 0.2) is 5.78 Å². The van der Waals surface area contributed by atoms with Gasteiger partial charge in [-0.05, 0) is 97.9 Å². The van der Waals surface area contributed by atoms with Crippen LogP contribution in [0.4, 0.5) is 0 Å². The predicted octanol–water partition coefficient (Wildman–Crippen LogP) is 5.72. The van der Waals surface area contributed by atoms with Crippen LogP contribution in [0.2, 0.25) is 0 Å². The van der Waals surface area contributed by atoms with Crippen molar-refractivity contribution >= 4 is 11.8 Å². The minimum Gasteiger partial charge on any atom is -0.469 e. The van der Waals surface area contributed by atoms with Crippen molar-refractivity contribution in [3.63, 3.8) is 0 Å². The molecule has 156 valence electrons. The van der Waals surface area contributed by atoms with Crippen LogP contribution in [0.1, 0.15) is 85.0 Å². The molecule has 4 aliphatic rings. The third-order valence-corrected chi connectivity index (χ3v) is 9.75. The van der Waals surface area contributed by atoms with Gasteiger partial charge in [-0.1, -0.05) is 26.3 Å². The molecule has 0 aromatic rings. The molecule has 0 saturated heterocycles. The summed E-state index contributed by atoms with van der Waals surface area (Å²) in [6.45, 7) is 7.40. The Morgan fingerprint density at radius 1 is 1.14 bits per heavy atom. The van der Waals surface area contributed by atoms with Gasteiger partial charge in [0, 0.05) is 12.8 Å². The van der Waals surface area contributed by atoms with E-state index in [9.17, 15) is 9.59 Å². The van der Waals surface area contributed by atoms with Gasteiger partial charge in [0.25, 0.3) is 0 Å². The highest BCUT2D eigenvalue weighted by Crippen LogP contribution is 2.67. The number of rotatable bonds is 4. The Balaban J connectivity index is 1.51. The fourth-order valence-electron chi connectivity index (χ4n) is 8.18. The van der Waals surface area contributed by atoms with Gasteiger partial charge in [-0.25, -0.2) is 0 Å². The lowest BCUT2D eigenvalue weighted by Gasteiger charge is -2.58. The van der Waals surface area contributed by atoms with Crippen LogP contribution >= 0.6 is 0 Å². The molecule has 0 spiro atoms. The molecule has 0 N–H and O–H groups in total. The number of carbonyl (C=O) groups excluding carboxylic acids is 2. The fraction of sp³-hybridized carbons (Fsp3) is 0.840. The normalized spacial score (nSPS) is 43.4. The minimum absolute atomic E-state index is 0.0679. The Morgan fingerprint density at radius 2 is 1.93 bits per heavy atom. The van der Waals surface area contributed by atoms with Crippen molar-refractivity contribution in [2.24, 2.45) is 40.4 Å². The van der Waals surface area contributed by atoms with Crippen LogP contribution in [-0.4, -0.2) is 18.9 Å². The van der Waals surface area contributed by atoms with Gasteiger partial charge < -0.3 is 4.74 Å². The predicted molar refractivity (Wildman–Crippen MR) is 111 cm³/mol. The van der Waals surface area contributed by atoms with E-state index in [0.29, 0.717) is 23.5 Å². The maximum atomic E-state index is 12.0. The van der Waals surface area contributed by atoms with E-state index in [2.05, 4.69) is 20.8 Å². The van der Waals surface area contributed by atoms with Crippen molar-refractivity contribution in [1.82, 2.24) is 0 Å². The second-order valence-corrected chi connectivity index (χ2v) is 10.8. The molecule has 3 saturated carbocycles. The van der Waals surface area contributed by atoms with Crippen LogP contribution in [-0.2, 0) is 14.3 Å². The topological polar surface area (TPSA) is 43.4 Å². The van der Waals surface area contributed by atoms with Crippen LogP contribution < -0.4 is 0 Å². The summed E-state index contributed by atoms with van der Waals surface area (Å²) >= 11 is 0. The Hall–Kier alpha value is -1.12. The Kier molecular flexibility index (Phi) is 5.25. The molecule has 0 bridgehead atoms. The van der Waals surface area contributed by atoms with Crippen molar-refractivity contribution in [1.29, 1.82) is 0 Å². The van der Waals surface area contributed by atoms with Gasteiger partial charge in [-0.3, -0.25) is 9.59 Å². The van der Waals surface area contributed by atoms with Gasteiger partial charge in [-0.2, -0.15) is 0 Å². The maximum Gasteiger partial charge on any atom is 0.305 e. The number of fused-ring (bicyclic) bond motifs is 5. The van der Waals surface area contributed by atoms with Crippen molar-refractivity contribution in [3.8, 4) is 0 Å². The first-order valence-corrected chi connectivity index (χ1v) is 11.6. The van der Waals surface area contributed by atoms with Crippen LogP contribution in [0.3, 0.4) is 0 Å². The van der Waals surface area contributed by atoms with Gasteiger partial charge >= 0.3 is 5.97 Å². The summed E-state index contributed by atoms with van der Waals surface area (Å²) < 4.78 is 4.87. The standard InChI is InChI=1S/C25H38O3/c1-16(5-10-23(27)28-4)20-8-9-21-19-7-6-17-15-18(26)11-13-24(17,2)22(19)12-14-25(20,21)3/h15-16,19-22H,5-14H2,1-4H3/t16-,19-,20+,21+,22-,24+,25-/m1/s1. The molecule has 0 aliphatic heterocycles. The molecular weight excluding hydrogens is 348 g/mol. The van der Waals surface area contributed by atoms with E-state index >= 15 is 0 Å². The van der Waals surface area contributed by atoms with Crippen LogP contribution in [0, 0.1) is 40.4 Å². The van der Waals surface area contributed by atoms with Gasteiger partial charge in [0.2, 0.25) is 0 Å². The highest BCUT2D eigenvalue weighted by molar-refractivity contribution is 5.91. The van der Waals surface area contributed by atoms with Crippen LogP contribution in [0.15, 0.2) is 11.6 Å². The lowest BCUT2D eigenvalue weighted by atomic mass is 9.46. The SMILES string of the molecule is COC(=O)CC[C@@H](C)[C@@H]1CC[C@H]2[C@H]3CCC4=CC(=O)CC[C@]4(C)[C@@H]3CC[C@@]21C. The monoisotopic (exact) mass is 386 g/mol. The smallest absolute Gasteiger partial charge is 0.305 e. The molecule has 0 radical (unpaired) electrons. The summed E-state index contributed by atoms with van der Waals surface area (Å²) in [5.41, 5.74) is 2.17. The molecule has 0 heterocycles. The van der Waals surface area contributed by atoms with Crippen molar-refractivity contribution in [2.45, 2.75) is 85.0 Å². The largest absolute Gasteiger partial charge is 0.469 e. The fourth-order valence-corrected chi connectivity index (χ4v) is 8.18. The molecule has 3 heteroatoms. The molecule has 3 fully saturated rings. The lowest BCUT2D eigenvalue weighted by molar-refractivity contribution is -0.141. The zero-order valence-corrected chi connectivity index (χ0v) is 18.3. The van der Waals surface area contributed by atoms with E-state index in [0.717, 1.165) is 49.4 Å². The van der Waals surface area contributed by atoms with Crippen LogP contribution in [0.25, 0.3) is 0 Å². The van der Waals surface area contributed by atoms with Crippen LogP contribution in [0.5, 0.6) is 0 Å². The number of hydrogen-bond acceptors (Lipinski definition) is 3. The minimum atomic E-state index is -0.0679. The number of hydrogen-bond donors (Lipinski definition) is 0. The lowest BCUT2D eigenvalue weighted by Crippen LogP contribution is -2.51. The summed E-state index contributed by atoms with van der Waals surface area (Å²) in [5.74, 6) is 4.03. The number of ether oxygens (including phenoxy) is 1. The third-order valence-electron chi connectivity index (χ3n) is 9.75. The van der Waals surface area contributed by atoms with E-state index in [1.54, 1.807) is 0 Å². The average Bonchev–Trinajstić information content (AvgIpc) is 3.03. The summed E-state index contributed by atoms with van der Waals surface area (Å²) in [6.07, 6.45) is 13.1. The van der Waals surface area contributed by atoms with E-state index in [1.165, 1.54) is 44.8 Å². The van der Waals surface area contributed by atoms with Gasteiger partial charge in [0.1, 0.15) is 0 Å². The molecule has 0 amide bonds. The second kappa shape index (κ2) is 7.29. The molecule has 0 unspecified atom stereocenters. The van der Waals surface area contributed by atoms with Crippen molar-refractivity contribution in [3.05, 3.63) is 11.6 Å². The zero-order chi connectivity index (χ0) is 20.1. The van der Waals surface area contributed by atoms with Crippen molar-refractivity contribution in [2.75, 3.05) is 7.11 Å². The molecule has 7 atom stereocenters. The van der Waals surface area contributed by atoms with E-state index < -0.39 is 0 Å². The zero-order valence-electron chi connectivity index (χ0n) is 18.3. The Labute approximate surface area is 170 Å². The summed E-state index contributed by atoms with van der Waals surface area (Å²) in [4.78, 5) is 23.6. The third kappa shape index (κ3) is 3.08. The first-order valence-electron chi connectivity index (χ1n) is 11.6. The molecule has 4 rings (SSSR count). The van der Waals surface area contributed by atoms with E-state index in [-0.39, 0.29) is 11.4 Å². The highest BCUT2D eigenvalue weighted by Gasteiger charge is 2.59. The number of ketones is 1. The average molecular weight is 387 g/mol. The Bertz CT molecular complexity index is 679. The quantitative estimate of drug-likeness (QED) is 0.580. The number of carbonyl (C=O) groups is 2. The second-order valence-electron chi connectivity index (χ2n) is 10.8. The molecule has 0 aromatic carbocycles. The van der Waals surface area contributed by atoms with Gasteiger partial charge in [-0.15, -0.1) is 0 Å².